The third-order valence-corrected chi connectivity index (χ3v) is 7.80. The second kappa shape index (κ2) is 9.41. The molecule has 4 aromatic carbocycles. The van der Waals surface area contributed by atoms with Crippen molar-refractivity contribution in [2.75, 3.05) is 0 Å². The zero-order valence-corrected chi connectivity index (χ0v) is 20.0. The van der Waals surface area contributed by atoms with E-state index in [9.17, 15) is 8.42 Å². The van der Waals surface area contributed by atoms with Crippen LogP contribution in [0.25, 0.3) is 11.6 Å². The van der Waals surface area contributed by atoms with Crippen LogP contribution in [0.15, 0.2) is 102 Å². The van der Waals surface area contributed by atoms with Gasteiger partial charge in [-0.25, -0.2) is 13.1 Å². The van der Waals surface area contributed by atoms with Gasteiger partial charge in [0.05, 0.1) is 4.90 Å². The van der Waals surface area contributed by atoms with Crippen LogP contribution in [0.4, 0.5) is 0 Å². The number of fused-ring (bicyclic) bond motifs is 2. The lowest BCUT2D eigenvalue weighted by molar-refractivity contribution is 0.581. The van der Waals surface area contributed by atoms with Crippen molar-refractivity contribution < 1.29 is 8.42 Å². The lowest BCUT2D eigenvalue weighted by atomic mass is 9.92. The standard InChI is InChI=1S/C30H27NO2S/c1-22-15-16-26(30(19-22)34(32,33)31-21-23-9-3-2-4-10-23)20-29-27-13-7-5-11-24(27)17-18-25-12-6-8-14-28(25)29/h2-16,19-20,31H,17-18,21H2,1H3. The van der Waals surface area contributed by atoms with E-state index in [4.69, 9.17) is 0 Å². The Kier molecular flexibility index (Phi) is 6.18. The Morgan fingerprint density at radius 2 is 1.35 bits per heavy atom. The lowest BCUT2D eigenvalue weighted by Gasteiger charge is -2.15. The van der Waals surface area contributed by atoms with E-state index >= 15 is 0 Å². The van der Waals surface area contributed by atoms with E-state index in [2.05, 4.69) is 53.3 Å². The number of hydrogen-bond donors (Lipinski definition) is 1. The minimum Gasteiger partial charge on any atom is -0.207 e. The highest BCUT2D eigenvalue weighted by Crippen LogP contribution is 2.36. The number of aryl methyl sites for hydroxylation is 3. The van der Waals surface area contributed by atoms with E-state index in [0.29, 0.717) is 10.5 Å². The van der Waals surface area contributed by atoms with Gasteiger partial charge < -0.3 is 0 Å². The Morgan fingerprint density at radius 3 is 2.00 bits per heavy atom. The van der Waals surface area contributed by atoms with E-state index in [1.807, 2.05) is 55.5 Å². The van der Waals surface area contributed by atoms with Gasteiger partial charge in [-0.05, 0) is 76.4 Å². The van der Waals surface area contributed by atoms with Gasteiger partial charge in [-0.2, -0.15) is 0 Å². The van der Waals surface area contributed by atoms with Crippen LogP contribution >= 0.6 is 0 Å². The maximum absolute atomic E-state index is 13.4. The topological polar surface area (TPSA) is 46.2 Å². The molecule has 0 amide bonds. The van der Waals surface area contributed by atoms with E-state index in [-0.39, 0.29) is 6.54 Å². The largest absolute Gasteiger partial charge is 0.241 e. The summed E-state index contributed by atoms with van der Waals surface area (Å²) in [6, 6.07) is 32.1. The molecular formula is C30H27NO2S. The molecule has 1 aliphatic carbocycles. The van der Waals surface area contributed by atoms with Crippen molar-refractivity contribution in [3.63, 3.8) is 0 Å². The zero-order chi connectivity index (χ0) is 23.5. The highest BCUT2D eigenvalue weighted by Gasteiger charge is 2.21. The summed E-state index contributed by atoms with van der Waals surface area (Å²) in [5.41, 5.74) is 8.46. The maximum Gasteiger partial charge on any atom is 0.241 e. The highest BCUT2D eigenvalue weighted by molar-refractivity contribution is 7.89. The Balaban J connectivity index is 1.63. The van der Waals surface area contributed by atoms with Gasteiger partial charge in [0, 0.05) is 6.54 Å². The second-order valence-corrected chi connectivity index (χ2v) is 10.5. The average Bonchev–Trinajstić information content (AvgIpc) is 3.02. The molecule has 34 heavy (non-hydrogen) atoms. The predicted octanol–water partition coefficient (Wildman–Crippen LogP) is 6.16. The summed E-state index contributed by atoms with van der Waals surface area (Å²) >= 11 is 0. The summed E-state index contributed by atoms with van der Waals surface area (Å²) in [5.74, 6) is 0. The van der Waals surface area contributed by atoms with Crippen molar-refractivity contribution in [2.24, 2.45) is 0 Å². The van der Waals surface area contributed by atoms with Crippen LogP contribution in [0.3, 0.4) is 0 Å². The molecule has 1 aliphatic rings. The van der Waals surface area contributed by atoms with Crippen LogP contribution in [0.2, 0.25) is 0 Å². The molecule has 170 valence electrons. The molecule has 0 aromatic heterocycles. The van der Waals surface area contributed by atoms with Crippen molar-refractivity contribution in [2.45, 2.75) is 31.2 Å². The molecule has 0 fully saturated rings. The molecule has 0 bridgehead atoms. The van der Waals surface area contributed by atoms with E-state index < -0.39 is 10.0 Å². The first-order valence-electron chi connectivity index (χ1n) is 11.5. The Bertz CT molecular complexity index is 1420. The van der Waals surface area contributed by atoms with E-state index in [1.165, 1.54) is 11.1 Å². The van der Waals surface area contributed by atoms with Gasteiger partial charge in [-0.1, -0.05) is 91.0 Å². The number of rotatable bonds is 5. The molecule has 0 atom stereocenters. The first kappa shape index (κ1) is 22.3. The van der Waals surface area contributed by atoms with Gasteiger partial charge in [-0.15, -0.1) is 0 Å². The minimum absolute atomic E-state index is 0.249. The summed E-state index contributed by atoms with van der Waals surface area (Å²) in [4.78, 5) is 0.301. The van der Waals surface area contributed by atoms with Crippen LogP contribution in [0.5, 0.6) is 0 Å². The molecule has 0 saturated heterocycles. The minimum atomic E-state index is -3.72. The Labute approximate surface area is 201 Å². The van der Waals surface area contributed by atoms with Crippen LogP contribution in [-0.4, -0.2) is 8.42 Å². The van der Waals surface area contributed by atoms with Crippen molar-refractivity contribution in [1.82, 2.24) is 4.72 Å². The average molecular weight is 466 g/mol. The Morgan fingerprint density at radius 1 is 0.765 bits per heavy atom. The van der Waals surface area contributed by atoms with Gasteiger partial charge in [-0.3, -0.25) is 0 Å². The molecule has 0 aliphatic heterocycles. The maximum atomic E-state index is 13.4. The fourth-order valence-electron chi connectivity index (χ4n) is 4.57. The zero-order valence-electron chi connectivity index (χ0n) is 19.2. The quantitative estimate of drug-likeness (QED) is 0.384. The molecule has 0 heterocycles. The van der Waals surface area contributed by atoms with Crippen molar-refractivity contribution in [3.05, 3.63) is 136 Å². The molecule has 0 unspecified atom stereocenters. The highest BCUT2D eigenvalue weighted by atomic mass is 32.2. The number of nitrogens with one attached hydrogen (secondary N) is 1. The summed E-state index contributed by atoms with van der Waals surface area (Å²) in [7, 11) is -3.72. The van der Waals surface area contributed by atoms with Crippen LogP contribution in [0, 0.1) is 6.92 Å². The van der Waals surface area contributed by atoms with Crippen molar-refractivity contribution in [3.8, 4) is 0 Å². The molecule has 4 aromatic rings. The molecule has 4 heteroatoms. The number of hydrogen-bond acceptors (Lipinski definition) is 2. The molecule has 0 radical (unpaired) electrons. The monoisotopic (exact) mass is 465 g/mol. The summed E-state index contributed by atoms with van der Waals surface area (Å²) in [6.07, 6.45) is 3.96. The molecule has 5 rings (SSSR count). The lowest BCUT2D eigenvalue weighted by Crippen LogP contribution is -2.24. The first-order valence-corrected chi connectivity index (χ1v) is 13.0. The first-order chi connectivity index (χ1) is 16.5. The normalized spacial score (nSPS) is 13.0. The van der Waals surface area contributed by atoms with Crippen molar-refractivity contribution >= 4 is 21.7 Å². The Hall–Kier alpha value is -3.47. The van der Waals surface area contributed by atoms with Crippen LogP contribution < -0.4 is 4.72 Å². The smallest absolute Gasteiger partial charge is 0.207 e. The van der Waals surface area contributed by atoms with E-state index in [0.717, 1.165) is 40.7 Å². The van der Waals surface area contributed by atoms with E-state index in [1.54, 1.807) is 6.07 Å². The molecular weight excluding hydrogens is 438 g/mol. The third-order valence-electron chi connectivity index (χ3n) is 6.35. The summed E-state index contributed by atoms with van der Waals surface area (Å²) < 4.78 is 29.7. The van der Waals surface area contributed by atoms with Gasteiger partial charge in [0.2, 0.25) is 10.0 Å². The van der Waals surface area contributed by atoms with Gasteiger partial charge in [0.15, 0.2) is 0 Å². The number of benzene rings is 4. The second-order valence-electron chi connectivity index (χ2n) is 8.72. The third kappa shape index (κ3) is 4.60. The van der Waals surface area contributed by atoms with Gasteiger partial charge >= 0.3 is 0 Å². The summed E-state index contributed by atoms with van der Waals surface area (Å²) in [5, 5.41) is 0. The molecule has 3 nitrogen and oxygen atoms in total. The molecule has 0 spiro atoms. The van der Waals surface area contributed by atoms with Gasteiger partial charge in [0.25, 0.3) is 0 Å². The predicted molar refractivity (Wildman–Crippen MR) is 139 cm³/mol. The SMILES string of the molecule is Cc1ccc(C=C2c3ccccc3CCc3ccccc32)c(S(=O)(=O)NCc2ccccc2)c1. The van der Waals surface area contributed by atoms with Crippen molar-refractivity contribution in [1.29, 1.82) is 0 Å². The fourth-order valence-corrected chi connectivity index (χ4v) is 5.86. The van der Waals surface area contributed by atoms with Gasteiger partial charge in [0.1, 0.15) is 0 Å². The summed E-state index contributed by atoms with van der Waals surface area (Å²) in [6.45, 7) is 2.17. The molecule has 0 saturated carbocycles. The van der Waals surface area contributed by atoms with Crippen LogP contribution in [0.1, 0.15) is 38.9 Å². The van der Waals surface area contributed by atoms with Crippen LogP contribution in [-0.2, 0) is 29.4 Å². The molecule has 1 N–H and O–H groups in total. The number of sulfonamides is 1. The fraction of sp³-hybridized carbons (Fsp3) is 0.133.